The third-order valence-electron chi connectivity index (χ3n) is 2.83. The molecule has 2 aromatic carbocycles. The van der Waals surface area contributed by atoms with Gasteiger partial charge in [0, 0.05) is 10.2 Å². The van der Waals surface area contributed by atoms with Crippen molar-refractivity contribution in [2.45, 2.75) is 13.8 Å². The van der Waals surface area contributed by atoms with E-state index in [4.69, 9.17) is 5.84 Å². The lowest BCUT2D eigenvalue weighted by Gasteiger charge is -2.12. The summed E-state index contributed by atoms with van der Waals surface area (Å²) in [5.41, 5.74) is 6.66. The number of para-hydroxylation sites is 1. The van der Waals surface area contributed by atoms with E-state index >= 15 is 0 Å². The third kappa shape index (κ3) is 3.59. The van der Waals surface area contributed by atoms with Crippen LogP contribution in [0.4, 0.5) is 11.4 Å². The fraction of sp³-hybridized carbons (Fsp3) is 0.133. The van der Waals surface area contributed by atoms with Crippen molar-refractivity contribution in [3.63, 3.8) is 0 Å². The Morgan fingerprint density at radius 3 is 2.25 bits per heavy atom. The van der Waals surface area contributed by atoms with Crippen LogP contribution in [0.1, 0.15) is 11.1 Å². The number of nitrogens with two attached hydrogens (primary N) is 1. The van der Waals surface area contributed by atoms with E-state index < -0.39 is 0 Å². The summed E-state index contributed by atoms with van der Waals surface area (Å²) in [7, 11) is 0. The van der Waals surface area contributed by atoms with Crippen LogP contribution >= 0.6 is 15.9 Å². The number of guanidine groups is 1. The molecule has 2 aromatic rings. The number of nitrogens with zero attached hydrogens (tertiary/aromatic N) is 1. The van der Waals surface area contributed by atoms with Crippen molar-refractivity contribution in [3.05, 3.63) is 58.1 Å². The largest absolute Gasteiger partial charge is 0.325 e. The highest BCUT2D eigenvalue weighted by molar-refractivity contribution is 9.10. The van der Waals surface area contributed by atoms with Gasteiger partial charge >= 0.3 is 0 Å². The molecule has 0 saturated carbocycles. The molecule has 4 N–H and O–H groups in total. The van der Waals surface area contributed by atoms with Gasteiger partial charge in [-0.1, -0.05) is 34.1 Å². The Morgan fingerprint density at radius 2 is 1.70 bits per heavy atom. The highest BCUT2D eigenvalue weighted by atomic mass is 79.9. The van der Waals surface area contributed by atoms with E-state index in [1.165, 1.54) is 0 Å². The van der Waals surface area contributed by atoms with Gasteiger partial charge in [0.25, 0.3) is 0 Å². The Kier molecular flexibility index (Phi) is 4.76. The molecule has 0 radical (unpaired) electrons. The number of hydrogen-bond donors (Lipinski definition) is 3. The van der Waals surface area contributed by atoms with Gasteiger partial charge in [-0.15, -0.1) is 0 Å². The molecule has 0 saturated heterocycles. The molecule has 0 bridgehead atoms. The average molecular weight is 333 g/mol. The molecule has 0 spiro atoms. The molecule has 0 aliphatic rings. The molecular weight excluding hydrogens is 316 g/mol. The molecule has 0 amide bonds. The van der Waals surface area contributed by atoms with E-state index in [0.29, 0.717) is 5.96 Å². The van der Waals surface area contributed by atoms with Crippen LogP contribution in [0.2, 0.25) is 0 Å². The van der Waals surface area contributed by atoms with E-state index in [2.05, 4.69) is 31.7 Å². The number of hydrazine groups is 1. The number of anilines is 1. The smallest absolute Gasteiger partial charge is 0.215 e. The fourth-order valence-corrected chi connectivity index (χ4v) is 2.11. The van der Waals surface area contributed by atoms with Gasteiger partial charge in [0.05, 0.1) is 5.69 Å². The van der Waals surface area contributed by atoms with Crippen LogP contribution < -0.4 is 16.6 Å². The minimum Gasteiger partial charge on any atom is -0.325 e. The number of halogens is 1. The number of aliphatic imine (C=N–C) groups is 1. The highest BCUT2D eigenvalue weighted by Crippen LogP contribution is 2.25. The molecule has 20 heavy (non-hydrogen) atoms. The van der Waals surface area contributed by atoms with E-state index in [1.807, 2.05) is 56.3 Å². The first-order valence-electron chi connectivity index (χ1n) is 6.24. The fourth-order valence-electron chi connectivity index (χ4n) is 1.88. The highest BCUT2D eigenvalue weighted by Gasteiger charge is 2.04. The zero-order valence-electron chi connectivity index (χ0n) is 11.4. The Morgan fingerprint density at radius 1 is 1.10 bits per heavy atom. The molecule has 0 aliphatic heterocycles. The van der Waals surface area contributed by atoms with E-state index in [1.54, 1.807) is 0 Å². The minimum atomic E-state index is 0.498. The van der Waals surface area contributed by atoms with Crippen LogP contribution in [0.5, 0.6) is 0 Å². The average Bonchev–Trinajstić information content (AvgIpc) is 2.45. The Balaban J connectivity index is 2.25. The maximum Gasteiger partial charge on any atom is 0.215 e. The summed E-state index contributed by atoms with van der Waals surface area (Å²) in [6.07, 6.45) is 0. The first-order valence-corrected chi connectivity index (χ1v) is 7.03. The molecule has 104 valence electrons. The first kappa shape index (κ1) is 14.6. The minimum absolute atomic E-state index is 0.498. The molecule has 0 aliphatic carbocycles. The molecule has 0 heterocycles. The van der Waals surface area contributed by atoms with Gasteiger partial charge in [0.1, 0.15) is 0 Å². The molecule has 0 unspecified atom stereocenters. The summed E-state index contributed by atoms with van der Waals surface area (Å²) in [4.78, 5) is 4.41. The topological polar surface area (TPSA) is 62.4 Å². The van der Waals surface area contributed by atoms with Crippen LogP contribution in [0.3, 0.4) is 0 Å². The van der Waals surface area contributed by atoms with Crippen LogP contribution in [0.25, 0.3) is 0 Å². The standard InChI is InChI=1S/C15H17BrN4/c1-10-8-13(9-11(2)14(10)16)19-15(20-17)18-12-6-4-3-5-7-12/h3-9H,17H2,1-2H3,(H2,18,19,20). The van der Waals surface area contributed by atoms with Crippen molar-refractivity contribution in [2.24, 2.45) is 10.8 Å². The van der Waals surface area contributed by atoms with Gasteiger partial charge in [-0.2, -0.15) is 0 Å². The molecule has 2 rings (SSSR count). The van der Waals surface area contributed by atoms with Crippen molar-refractivity contribution >= 4 is 33.3 Å². The van der Waals surface area contributed by atoms with Gasteiger partial charge in [-0.25, -0.2) is 10.8 Å². The first-order chi connectivity index (χ1) is 9.60. The molecule has 4 nitrogen and oxygen atoms in total. The van der Waals surface area contributed by atoms with Gasteiger partial charge in [-0.05, 0) is 49.2 Å². The number of benzene rings is 2. The van der Waals surface area contributed by atoms with E-state index in [-0.39, 0.29) is 0 Å². The lowest BCUT2D eigenvalue weighted by Crippen LogP contribution is -2.36. The summed E-state index contributed by atoms with van der Waals surface area (Å²) in [5.74, 6) is 6.02. The molecule has 0 fully saturated rings. The second kappa shape index (κ2) is 6.54. The van der Waals surface area contributed by atoms with Crippen LogP contribution in [0, 0.1) is 13.8 Å². The van der Waals surface area contributed by atoms with Crippen molar-refractivity contribution in [1.29, 1.82) is 0 Å². The van der Waals surface area contributed by atoms with E-state index in [9.17, 15) is 0 Å². The molecule has 0 atom stereocenters. The molecule has 5 heteroatoms. The summed E-state index contributed by atoms with van der Waals surface area (Å²) in [6.45, 7) is 4.10. The Bertz CT molecular complexity index is 600. The summed E-state index contributed by atoms with van der Waals surface area (Å²) in [6, 6.07) is 13.7. The summed E-state index contributed by atoms with van der Waals surface area (Å²) >= 11 is 3.55. The second-order valence-corrected chi connectivity index (χ2v) is 5.28. The van der Waals surface area contributed by atoms with Crippen molar-refractivity contribution < 1.29 is 0 Å². The zero-order valence-corrected chi connectivity index (χ0v) is 13.0. The SMILES string of the molecule is Cc1cc(NC(=Nc2ccccc2)NN)cc(C)c1Br. The second-order valence-electron chi connectivity index (χ2n) is 4.49. The summed E-state index contributed by atoms with van der Waals surface area (Å²) < 4.78 is 1.12. The van der Waals surface area contributed by atoms with Crippen molar-refractivity contribution in [3.8, 4) is 0 Å². The number of nitrogens with one attached hydrogen (secondary N) is 2. The monoisotopic (exact) mass is 332 g/mol. The summed E-state index contributed by atoms with van der Waals surface area (Å²) in [5, 5.41) is 3.18. The van der Waals surface area contributed by atoms with Crippen molar-refractivity contribution in [2.75, 3.05) is 5.32 Å². The van der Waals surface area contributed by atoms with Crippen LogP contribution in [-0.2, 0) is 0 Å². The number of rotatable bonds is 2. The number of aryl methyl sites for hydroxylation is 2. The quantitative estimate of drug-likeness (QED) is 0.340. The predicted molar refractivity (Wildman–Crippen MR) is 88.1 cm³/mol. The van der Waals surface area contributed by atoms with Crippen molar-refractivity contribution in [1.82, 2.24) is 5.43 Å². The normalized spacial score (nSPS) is 11.3. The lowest BCUT2D eigenvalue weighted by molar-refractivity contribution is 1.02. The van der Waals surface area contributed by atoms with Crippen LogP contribution in [0.15, 0.2) is 51.9 Å². The maximum atomic E-state index is 5.52. The maximum absolute atomic E-state index is 5.52. The lowest BCUT2D eigenvalue weighted by atomic mass is 10.1. The predicted octanol–water partition coefficient (Wildman–Crippen LogP) is 3.63. The zero-order chi connectivity index (χ0) is 14.5. The Hall–Kier alpha value is -1.85. The van der Waals surface area contributed by atoms with Gasteiger partial charge in [-0.3, -0.25) is 5.43 Å². The van der Waals surface area contributed by atoms with Crippen LogP contribution in [-0.4, -0.2) is 5.96 Å². The third-order valence-corrected chi connectivity index (χ3v) is 4.08. The number of hydrogen-bond acceptors (Lipinski definition) is 2. The van der Waals surface area contributed by atoms with Gasteiger partial charge in [0.15, 0.2) is 0 Å². The van der Waals surface area contributed by atoms with E-state index in [0.717, 1.165) is 27.0 Å². The van der Waals surface area contributed by atoms with Gasteiger partial charge in [0.2, 0.25) is 5.96 Å². The van der Waals surface area contributed by atoms with Gasteiger partial charge < -0.3 is 5.32 Å². The molecule has 0 aromatic heterocycles. The Labute approximate surface area is 127 Å². The molecular formula is C15H17BrN4.